The Labute approximate surface area is 122 Å². The van der Waals surface area contributed by atoms with Gasteiger partial charge in [0.05, 0.1) is 18.7 Å². The van der Waals surface area contributed by atoms with Crippen molar-refractivity contribution < 1.29 is 13.9 Å². The van der Waals surface area contributed by atoms with E-state index >= 15 is 0 Å². The van der Waals surface area contributed by atoms with Crippen molar-refractivity contribution in [3.8, 4) is 5.75 Å². The Balaban J connectivity index is 1.84. The van der Waals surface area contributed by atoms with Crippen LogP contribution in [-0.2, 0) is 13.0 Å². The summed E-state index contributed by atoms with van der Waals surface area (Å²) < 4.78 is 19.0. The van der Waals surface area contributed by atoms with Crippen molar-refractivity contribution in [1.82, 2.24) is 5.32 Å². The summed E-state index contributed by atoms with van der Waals surface area (Å²) in [6.07, 6.45) is 0.584. The first-order chi connectivity index (χ1) is 10.2. The fraction of sp³-hybridized carbons (Fsp3) is 0.235. The zero-order valence-corrected chi connectivity index (χ0v) is 11.7. The summed E-state index contributed by atoms with van der Waals surface area (Å²) in [5, 5.41) is 3.18. The molecule has 0 aliphatic carbocycles. The molecule has 1 heterocycles. The number of Topliss-reactive ketones (excluding diaryl/α,β-unsaturated/α-hetero) is 1. The molecule has 4 heteroatoms. The molecule has 2 aromatic rings. The van der Waals surface area contributed by atoms with Gasteiger partial charge in [-0.05, 0) is 29.7 Å². The van der Waals surface area contributed by atoms with Gasteiger partial charge in [0.1, 0.15) is 11.6 Å². The Hall–Kier alpha value is -2.20. The SMILES string of the molecule is COc1ccc(C(=O)C2Cc3ccccc3CN2)c(F)c1. The molecule has 0 amide bonds. The molecule has 1 N–H and O–H groups in total. The van der Waals surface area contributed by atoms with Crippen molar-refractivity contribution in [3.63, 3.8) is 0 Å². The summed E-state index contributed by atoms with van der Waals surface area (Å²) in [6.45, 7) is 0.629. The second-order valence-corrected chi connectivity index (χ2v) is 5.12. The summed E-state index contributed by atoms with van der Waals surface area (Å²) in [4.78, 5) is 12.5. The van der Waals surface area contributed by atoms with Gasteiger partial charge in [0.2, 0.25) is 0 Å². The molecule has 0 fully saturated rings. The molecule has 2 aromatic carbocycles. The lowest BCUT2D eigenvalue weighted by atomic mass is 9.91. The van der Waals surface area contributed by atoms with Gasteiger partial charge in [-0.2, -0.15) is 0 Å². The van der Waals surface area contributed by atoms with Gasteiger partial charge >= 0.3 is 0 Å². The largest absolute Gasteiger partial charge is 0.497 e. The van der Waals surface area contributed by atoms with E-state index in [1.54, 1.807) is 6.07 Å². The van der Waals surface area contributed by atoms with E-state index in [0.29, 0.717) is 18.7 Å². The molecule has 1 unspecified atom stereocenters. The zero-order chi connectivity index (χ0) is 14.8. The van der Waals surface area contributed by atoms with Gasteiger partial charge in [0.25, 0.3) is 0 Å². The fourth-order valence-electron chi connectivity index (χ4n) is 2.65. The number of halogens is 1. The maximum absolute atomic E-state index is 14.0. The fourth-order valence-corrected chi connectivity index (χ4v) is 2.65. The molecule has 1 atom stereocenters. The Kier molecular flexibility index (Phi) is 3.71. The number of carbonyl (C=O) groups excluding carboxylic acids is 1. The van der Waals surface area contributed by atoms with Gasteiger partial charge in [-0.25, -0.2) is 4.39 Å². The van der Waals surface area contributed by atoms with E-state index in [1.807, 2.05) is 24.3 Å². The van der Waals surface area contributed by atoms with Crippen molar-refractivity contribution in [2.45, 2.75) is 19.0 Å². The number of fused-ring (bicyclic) bond motifs is 1. The first-order valence-electron chi connectivity index (χ1n) is 6.87. The van der Waals surface area contributed by atoms with E-state index in [4.69, 9.17) is 4.74 Å². The first-order valence-corrected chi connectivity index (χ1v) is 6.87. The zero-order valence-electron chi connectivity index (χ0n) is 11.7. The average Bonchev–Trinajstić information content (AvgIpc) is 2.53. The Morgan fingerprint density at radius 3 is 2.71 bits per heavy atom. The second kappa shape index (κ2) is 5.66. The first kappa shape index (κ1) is 13.8. The highest BCUT2D eigenvalue weighted by molar-refractivity contribution is 6.00. The van der Waals surface area contributed by atoms with Gasteiger partial charge in [-0.1, -0.05) is 24.3 Å². The minimum Gasteiger partial charge on any atom is -0.497 e. The van der Waals surface area contributed by atoms with Crippen LogP contribution >= 0.6 is 0 Å². The lowest BCUT2D eigenvalue weighted by Gasteiger charge is -2.25. The molecule has 0 spiro atoms. The highest BCUT2D eigenvalue weighted by Crippen LogP contribution is 2.22. The Bertz CT molecular complexity index is 684. The number of nitrogens with one attached hydrogen (secondary N) is 1. The topological polar surface area (TPSA) is 38.3 Å². The Morgan fingerprint density at radius 2 is 2.00 bits per heavy atom. The number of benzene rings is 2. The predicted octanol–water partition coefficient (Wildman–Crippen LogP) is 2.73. The average molecular weight is 285 g/mol. The van der Waals surface area contributed by atoms with Crippen LogP contribution in [0, 0.1) is 5.82 Å². The number of rotatable bonds is 3. The molecule has 3 rings (SSSR count). The lowest BCUT2D eigenvalue weighted by Crippen LogP contribution is -2.42. The predicted molar refractivity (Wildman–Crippen MR) is 78.1 cm³/mol. The van der Waals surface area contributed by atoms with E-state index in [0.717, 1.165) is 5.56 Å². The summed E-state index contributed by atoms with van der Waals surface area (Å²) in [5.41, 5.74) is 2.44. The molecule has 0 saturated carbocycles. The molecular weight excluding hydrogens is 269 g/mol. The van der Waals surface area contributed by atoms with Crippen molar-refractivity contribution >= 4 is 5.78 Å². The van der Waals surface area contributed by atoms with Crippen LogP contribution in [0.5, 0.6) is 5.75 Å². The van der Waals surface area contributed by atoms with E-state index in [9.17, 15) is 9.18 Å². The molecule has 0 aromatic heterocycles. The summed E-state index contributed by atoms with van der Waals surface area (Å²) in [5.74, 6) is -0.351. The second-order valence-electron chi connectivity index (χ2n) is 5.12. The maximum Gasteiger partial charge on any atom is 0.183 e. The van der Waals surface area contributed by atoms with E-state index in [1.165, 1.54) is 24.8 Å². The molecule has 108 valence electrons. The van der Waals surface area contributed by atoms with Crippen LogP contribution in [0.4, 0.5) is 4.39 Å². The molecule has 1 aliphatic heterocycles. The molecule has 0 radical (unpaired) electrons. The molecular formula is C17H16FNO2. The van der Waals surface area contributed by atoms with Gasteiger partial charge in [0.15, 0.2) is 5.78 Å². The lowest BCUT2D eigenvalue weighted by molar-refractivity contribution is 0.0934. The quantitative estimate of drug-likeness (QED) is 0.881. The van der Waals surface area contributed by atoms with Crippen molar-refractivity contribution in [2.24, 2.45) is 0 Å². The van der Waals surface area contributed by atoms with Crippen LogP contribution in [-0.4, -0.2) is 18.9 Å². The third kappa shape index (κ3) is 2.67. The highest BCUT2D eigenvalue weighted by atomic mass is 19.1. The number of ketones is 1. The third-order valence-electron chi connectivity index (χ3n) is 3.84. The van der Waals surface area contributed by atoms with E-state index < -0.39 is 5.82 Å². The summed E-state index contributed by atoms with van der Waals surface area (Å²) >= 11 is 0. The maximum atomic E-state index is 14.0. The van der Waals surface area contributed by atoms with Crippen molar-refractivity contribution in [1.29, 1.82) is 0 Å². The highest BCUT2D eigenvalue weighted by Gasteiger charge is 2.26. The van der Waals surface area contributed by atoms with Gasteiger partial charge in [-0.3, -0.25) is 4.79 Å². The Morgan fingerprint density at radius 1 is 1.24 bits per heavy atom. The van der Waals surface area contributed by atoms with Crippen LogP contribution in [0.15, 0.2) is 42.5 Å². The van der Waals surface area contributed by atoms with Crippen LogP contribution in [0.3, 0.4) is 0 Å². The van der Waals surface area contributed by atoms with Crippen LogP contribution in [0.1, 0.15) is 21.5 Å². The number of hydrogen-bond acceptors (Lipinski definition) is 3. The smallest absolute Gasteiger partial charge is 0.183 e. The molecule has 0 saturated heterocycles. The minimum absolute atomic E-state index is 0.104. The monoisotopic (exact) mass is 285 g/mol. The van der Waals surface area contributed by atoms with Gasteiger partial charge in [0, 0.05) is 12.6 Å². The number of ether oxygens (including phenoxy) is 1. The molecule has 0 bridgehead atoms. The van der Waals surface area contributed by atoms with Crippen LogP contribution in [0.25, 0.3) is 0 Å². The van der Waals surface area contributed by atoms with Gasteiger partial charge < -0.3 is 10.1 Å². The summed E-state index contributed by atoms with van der Waals surface area (Å²) in [6, 6.07) is 11.9. The van der Waals surface area contributed by atoms with Crippen molar-refractivity contribution in [2.75, 3.05) is 7.11 Å². The molecule has 3 nitrogen and oxygen atoms in total. The molecule has 21 heavy (non-hydrogen) atoms. The van der Waals surface area contributed by atoms with Crippen molar-refractivity contribution in [3.05, 3.63) is 65.0 Å². The van der Waals surface area contributed by atoms with Crippen LogP contribution < -0.4 is 10.1 Å². The normalized spacial score (nSPS) is 17.1. The van der Waals surface area contributed by atoms with E-state index in [2.05, 4.69) is 5.32 Å². The van der Waals surface area contributed by atoms with E-state index in [-0.39, 0.29) is 17.4 Å². The van der Waals surface area contributed by atoms with Crippen LogP contribution in [0.2, 0.25) is 0 Å². The van der Waals surface area contributed by atoms with Gasteiger partial charge in [-0.15, -0.1) is 0 Å². The minimum atomic E-state index is -0.542. The number of methoxy groups -OCH3 is 1. The number of carbonyl (C=O) groups is 1. The molecule has 1 aliphatic rings. The standard InChI is InChI=1S/C17H16FNO2/c1-21-13-6-7-14(15(18)9-13)17(20)16-8-11-4-2-3-5-12(11)10-19-16/h2-7,9,16,19H,8,10H2,1H3. The summed E-state index contributed by atoms with van der Waals surface area (Å²) in [7, 11) is 1.47. The number of hydrogen-bond donors (Lipinski definition) is 1. The third-order valence-corrected chi connectivity index (χ3v) is 3.84.